The van der Waals surface area contributed by atoms with Crippen LogP contribution in [0.25, 0.3) is 0 Å². The number of fused-ring (bicyclic) bond motifs is 4. The van der Waals surface area contributed by atoms with Crippen LogP contribution in [0.4, 0.5) is 21.0 Å². The van der Waals surface area contributed by atoms with Gasteiger partial charge in [0.15, 0.2) is 0 Å². The molecule has 6 nitrogen and oxygen atoms in total. The third-order valence-corrected chi connectivity index (χ3v) is 8.74. The van der Waals surface area contributed by atoms with Gasteiger partial charge in [-0.05, 0) is 84.5 Å². The molecule has 0 spiro atoms. The Hall–Kier alpha value is -2.24. The molecule has 0 unspecified atom stereocenters. The first-order valence-corrected chi connectivity index (χ1v) is 13.0. The van der Waals surface area contributed by atoms with Crippen LogP contribution in [0.2, 0.25) is 0 Å². The highest BCUT2D eigenvalue weighted by molar-refractivity contribution is 5.92. The molecule has 2 aliphatic carbocycles. The molecule has 1 aromatic rings. The van der Waals surface area contributed by atoms with Gasteiger partial charge in [0.2, 0.25) is 0 Å². The van der Waals surface area contributed by atoms with Crippen molar-refractivity contribution in [2.45, 2.75) is 92.2 Å². The van der Waals surface area contributed by atoms with Gasteiger partial charge >= 0.3 is 12.1 Å². The zero-order valence-corrected chi connectivity index (χ0v) is 21.8. The first-order chi connectivity index (χ1) is 15.7. The first kappa shape index (κ1) is 23.5. The average Bonchev–Trinajstić information content (AvgIpc) is 3.09. The number of rotatable bonds is 2. The van der Waals surface area contributed by atoms with E-state index in [9.17, 15) is 9.59 Å². The van der Waals surface area contributed by atoms with Crippen LogP contribution in [-0.4, -0.2) is 47.0 Å². The van der Waals surface area contributed by atoms with Gasteiger partial charge in [0.25, 0.3) is 0 Å². The second-order valence-corrected chi connectivity index (χ2v) is 14.1. The molecule has 2 saturated heterocycles. The number of likely N-dealkylation sites (tertiary alicyclic amines) is 2. The molecule has 4 bridgehead atoms. The topological polar surface area (TPSA) is 64.7 Å². The predicted octanol–water partition coefficient (Wildman–Crippen LogP) is 6.55. The summed E-state index contributed by atoms with van der Waals surface area (Å²) in [6, 6.07) is 8.15. The standard InChI is InChI=1S/C28H42N4O2/c1-25(2)11-21-13-27(5,15-25)17-31(21)23(33)29-19-7-9-20(10-8-19)30-24(34)32-18-28(6)14-22(32)12-26(3,4)16-28/h7-10,21-22H,11-18H2,1-6H3,(H,29,33)(H,30,34)/t21-,22+,27-,28-/m1/s1. The summed E-state index contributed by atoms with van der Waals surface area (Å²) in [5, 5.41) is 6.17. The van der Waals surface area contributed by atoms with E-state index in [1.807, 2.05) is 34.1 Å². The quantitative estimate of drug-likeness (QED) is 0.519. The Kier molecular flexibility index (Phi) is 5.27. The maximum absolute atomic E-state index is 13.1. The number of urea groups is 2. The third kappa shape index (κ3) is 4.52. The van der Waals surface area contributed by atoms with Crippen molar-refractivity contribution < 1.29 is 9.59 Å². The van der Waals surface area contributed by atoms with Crippen LogP contribution in [0.5, 0.6) is 0 Å². The van der Waals surface area contributed by atoms with Crippen LogP contribution in [0.15, 0.2) is 24.3 Å². The van der Waals surface area contributed by atoms with Crippen molar-refractivity contribution >= 4 is 23.4 Å². The normalized spacial score (nSPS) is 35.2. The van der Waals surface area contributed by atoms with Gasteiger partial charge < -0.3 is 20.4 Å². The summed E-state index contributed by atoms with van der Waals surface area (Å²) < 4.78 is 0. The minimum absolute atomic E-state index is 0.0107. The Morgan fingerprint density at radius 2 is 1.03 bits per heavy atom. The molecule has 4 amide bonds. The molecule has 4 atom stereocenters. The molecular weight excluding hydrogens is 424 g/mol. The smallest absolute Gasteiger partial charge is 0.321 e. The number of carbonyl (C=O) groups is 2. The molecule has 0 aromatic heterocycles. The molecule has 4 fully saturated rings. The third-order valence-electron chi connectivity index (χ3n) is 8.74. The van der Waals surface area contributed by atoms with Crippen molar-refractivity contribution in [1.29, 1.82) is 0 Å². The summed E-state index contributed by atoms with van der Waals surface area (Å²) in [5.74, 6) is 0. The van der Waals surface area contributed by atoms with Gasteiger partial charge in [0, 0.05) is 36.5 Å². The first-order valence-electron chi connectivity index (χ1n) is 13.0. The fraction of sp³-hybridized carbons (Fsp3) is 0.714. The lowest BCUT2D eigenvalue weighted by Gasteiger charge is -2.39. The van der Waals surface area contributed by atoms with E-state index in [2.05, 4.69) is 52.2 Å². The maximum Gasteiger partial charge on any atom is 0.322 e. The molecule has 0 radical (unpaired) electrons. The lowest BCUT2D eigenvalue weighted by atomic mass is 9.65. The van der Waals surface area contributed by atoms with Crippen LogP contribution in [0, 0.1) is 21.7 Å². The van der Waals surface area contributed by atoms with E-state index >= 15 is 0 Å². The Bertz CT molecular complexity index is 908. The Balaban J connectivity index is 1.19. The van der Waals surface area contributed by atoms with Crippen molar-refractivity contribution in [2.24, 2.45) is 21.7 Å². The monoisotopic (exact) mass is 466 g/mol. The van der Waals surface area contributed by atoms with Crippen molar-refractivity contribution in [2.75, 3.05) is 23.7 Å². The van der Waals surface area contributed by atoms with Crippen LogP contribution < -0.4 is 10.6 Å². The summed E-state index contributed by atoms with van der Waals surface area (Å²) in [6.45, 7) is 15.6. The number of hydrogen-bond donors (Lipinski definition) is 2. The second kappa shape index (κ2) is 7.63. The molecule has 2 aliphatic heterocycles. The fourth-order valence-electron chi connectivity index (χ4n) is 8.42. The maximum atomic E-state index is 13.1. The average molecular weight is 467 g/mol. The van der Waals surface area contributed by atoms with Crippen molar-refractivity contribution in [3.05, 3.63) is 24.3 Å². The molecular formula is C28H42N4O2. The van der Waals surface area contributed by atoms with E-state index in [-0.39, 0.29) is 33.7 Å². The number of benzene rings is 1. The predicted molar refractivity (Wildman–Crippen MR) is 137 cm³/mol. The second-order valence-electron chi connectivity index (χ2n) is 14.1. The van der Waals surface area contributed by atoms with E-state index in [1.165, 1.54) is 12.8 Å². The summed E-state index contributed by atoms with van der Waals surface area (Å²) >= 11 is 0. The summed E-state index contributed by atoms with van der Waals surface area (Å²) in [4.78, 5) is 30.2. The highest BCUT2D eigenvalue weighted by atomic mass is 16.2. The van der Waals surface area contributed by atoms with Crippen LogP contribution in [0.1, 0.15) is 80.1 Å². The van der Waals surface area contributed by atoms with Gasteiger partial charge in [0.05, 0.1) is 0 Å². The van der Waals surface area contributed by atoms with Gasteiger partial charge in [-0.15, -0.1) is 0 Å². The lowest BCUT2D eigenvalue weighted by Crippen LogP contribution is -2.40. The zero-order chi connectivity index (χ0) is 24.5. The van der Waals surface area contributed by atoms with E-state index < -0.39 is 0 Å². The molecule has 5 rings (SSSR count). The fourth-order valence-corrected chi connectivity index (χ4v) is 8.42. The lowest BCUT2D eigenvalue weighted by molar-refractivity contribution is 0.129. The number of hydrogen-bond acceptors (Lipinski definition) is 2. The Morgan fingerprint density at radius 1 is 0.676 bits per heavy atom. The van der Waals surface area contributed by atoms with Crippen molar-refractivity contribution in [3.63, 3.8) is 0 Å². The van der Waals surface area contributed by atoms with E-state index in [1.54, 1.807) is 0 Å². The van der Waals surface area contributed by atoms with Gasteiger partial charge in [-0.1, -0.05) is 41.5 Å². The number of nitrogens with zero attached hydrogens (tertiary/aromatic N) is 2. The van der Waals surface area contributed by atoms with Crippen LogP contribution in [-0.2, 0) is 0 Å². The molecule has 34 heavy (non-hydrogen) atoms. The number of carbonyl (C=O) groups excluding carboxylic acids is 2. The molecule has 2 saturated carbocycles. The molecule has 186 valence electrons. The summed E-state index contributed by atoms with van der Waals surface area (Å²) in [7, 11) is 0. The van der Waals surface area contributed by atoms with Crippen molar-refractivity contribution in [3.8, 4) is 0 Å². The summed E-state index contributed by atoms with van der Waals surface area (Å²) in [6.07, 6.45) is 6.67. The molecule has 4 aliphatic rings. The number of anilines is 2. The Morgan fingerprint density at radius 3 is 1.38 bits per heavy atom. The van der Waals surface area contributed by atoms with E-state index in [0.717, 1.165) is 50.1 Å². The number of amides is 4. The van der Waals surface area contributed by atoms with Crippen molar-refractivity contribution in [1.82, 2.24) is 9.80 Å². The largest absolute Gasteiger partial charge is 0.322 e. The highest BCUT2D eigenvalue weighted by Gasteiger charge is 2.52. The van der Waals surface area contributed by atoms with E-state index in [4.69, 9.17) is 0 Å². The molecule has 2 heterocycles. The SMILES string of the molecule is CC1(C)C[C@@H]2C[C@@](C)(CN2C(=O)Nc2ccc(NC(=O)N3C[C@]4(C)C[C@@H]3CC(C)(C)C4)cc2)C1. The number of nitrogens with one attached hydrogen (secondary N) is 2. The van der Waals surface area contributed by atoms with Crippen LogP contribution >= 0.6 is 0 Å². The van der Waals surface area contributed by atoms with Crippen LogP contribution in [0.3, 0.4) is 0 Å². The van der Waals surface area contributed by atoms with Gasteiger partial charge in [-0.2, -0.15) is 0 Å². The van der Waals surface area contributed by atoms with Gasteiger partial charge in [0.1, 0.15) is 0 Å². The molecule has 6 heteroatoms. The zero-order valence-electron chi connectivity index (χ0n) is 21.8. The Labute approximate surface area is 204 Å². The van der Waals surface area contributed by atoms with Gasteiger partial charge in [-0.3, -0.25) is 0 Å². The highest BCUT2D eigenvalue weighted by Crippen LogP contribution is 2.53. The van der Waals surface area contributed by atoms with E-state index in [0.29, 0.717) is 12.1 Å². The minimum atomic E-state index is -0.0107. The summed E-state index contributed by atoms with van der Waals surface area (Å²) in [5.41, 5.74) is 2.54. The minimum Gasteiger partial charge on any atom is -0.321 e. The molecule has 2 N–H and O–H groups in total. The molecule has 1 aromatic carbocycles. The van der Waals surface area contributed by atoms with Gasteiger partial charge in [-0.25, -0.2) is 9.59 Å².